The smallest absolute Gasteiger partial charge is 0.123 e. The summed E-state index contributed by atoms with van der Waals surface area (Å²) in [6.07, 6.45) is 1.19. The standard InChI is InChI=1S/C12H15FN2/c13-11-3-1-9(2-4-11)6-15-7-10-5-12(10,14)8-15/h1-4,10H,5-8,14H2/t10-,12-/m1/s1. The molecule has 80 valence electrons. The van der Waals surface area contributed by atoms with Gasteiger partial charge in [0, 0.05) is 25.2 Å². The summed E-state index contributed by atoms with van der Waals surface area (Å²) >= 11 is 0. The molecule has 0 amide bonds. The van der Waals surface area contributed by atoms with Gasteiger partial charge in [0.1, 0.15) is 5.82 Å². The van der Waals surface area contributed by atoms with Crippen molar-refractivity contribution < 1.29 is 4.39 Å². The molecule has 3 heteroatoms. The van der Waals surface area contributed by atoms with Crippen molar-refractivity contribution in [2.45, 2.75) is 18.5 Å². The normalized spacial score (nSPS) is 34.1. The van der Waals surface area contributed by atoms with Gasteiger partial charge in [-0.1, -0.05) is 12.1 Å². The van der Waals surface area contributed by atoms with Crippen LogP contribution in [0.3, 0.4) is 0 Å². The van der Waals surface area contributed by atoms with Crippen LogP contribution in [-0.4, -0.2) is 23.5 Å². The van der Waals surface area contributed by atoms with Crippen LogP contribution in [-0.2, 0) is 6.54 Å². The van der Waals surface area contributed by atoms with Crippen molar-refractivity contribution in [3.05, 3.63) is 35.6 Å². The summed E-state index contributed by atoms with van der Waals surface area (Å²) < 4.78 is 12.7. The lowest BCUT2D eigenvalue weighted by Crippen LogP contribution is -2.32. The molecule has 0 aromatic heterocycles. The molecule has 1 aliphatic heterocycles. The van der Waals surface area contributed by atoms with Crippen LogP contribution < -0.4 is 5.73 Å². The first-order valence-corrected chi connectivity index (χ1v) is 5.41. The Morgan fingerprint density at radius 3 is 2.73 bits per heavy atom. The fourth-order valence-electron chi connectivity index (χ4n) is 2.60. The Kier molecular flexibility index (Phi) is 1.88. The van der Waals surface area contributed by atoms with E-state index < -0.39 is 0 Å². The molecule has 0 bridgehead atoms. The second-order valence-corrected chi connectivity index (χ2v) is 4.93. The van der Waals surface area contributed by atoms with E-state index in [1.54, 1.807) is 0 Å². The zero-order chi connectivity index (χ0) is 10.5. The van der Waals surface area contributed by atoms with Crippen molar-refractivity contribution in [3.8, 4) is 0 Å². The zero-order valence-electron chi connectivity index (χ0n) is 8.62. The second kappa shape index (κ2) is 3.03. The molecular formula is C12H15FN2. The Morgan fingerprint density at radius 1 is 1.40 bits per heavy atom. The van der Waals surface area contributed by atoms with Crippen molar-refractivity contribution in [3.63, 3.8) is 0 Å². The Hall–Kier alpha value is -0.930. The summed E-state index contributed by atoms with van der Waals surface area (Å²) in [6.45, 7) is 3.00. The lowest BCUT2D eigenvalue weighted by Gasteiger charge is -2.18. The van der Waals surface area contributed by atoms with Gasteiger partial charge in [-0.15, -0.1) is 0 Å². The van der Waals surface area contributed by atoms with Crippen LogP contribution in [0.25, 0.3) is 0 Å². The van der Waals surface area contributed by atoms with Crippen molar-refractivity contribution in [1.29, 1.82) is 0 Å². The third kappa shape index (κ3) is 1.66. The third-order valence-electron chi connectivity index (χ3n) is 3.60. The number of hydrogen-bond acceptors (Lipinski definition) is 2. The molecule has 0 unspecified atom stereocenters. The van der Waals surface area contributed by atoms with Crippen LogP contribution in [0, 0.1) is 11.7 Å². The van der Waals surface area contributed by atoms with E-state index in [0.29, 0.717) is 5.92 Å². The molecule has 2 fully saturated rings. The SMILES string of the molecule is N[C@@]12C[C@@H]1CN(Cc1ccc(F)cc1)C2. The van der Waals surface area contributed by atoms with Crippen LogP contribution in [0.4, 0.5) is 4.39 Å². The van der Waals surface area contributed by atoms with Crippen LogP contribution in [0.2, 0.25) is 0 Å². The minimum atomic E-state index is -0.168. The van der Waals surface area contributed by atoms with Gasteiger partial charge < -0.3 is 5.73 Å². The summed E-state index contributed by atoms with van der Waals surface area (Å²) in [7, 11) is 0. The van der Waals surface area contributed by atoms with E-state index >= 15 is 0 Å². The highest BCUT2D eigenvalue weighted by atomic mass is 19.1. The number of nitrogens with zero attached hydrogens (tertiary/aromatic N) is 1. The first-order valence-electron chi connectivity index (χ1n) is 5.41. The van der Waals surface area contributed by atoms with Crippen molar-refractivity contribution in [2.24, 2.45) is 11.7 Å². The number of benzene rings is 1. The number of rotatable bonds is 2. The van der Waals surface area contributed by atoms with Crippen LogP contribution in [0.5, 0.6) is 0 Å². The number of likely N-dealkylation sites (tertiary alicyclic amines) is 1. The molecule has 0 spiro atoms. The number of nitrogens with two attached hydrogens (primary N) is 1. The molecule has 2 atom stereocenters. The topological polar surface area (TPSA) is 29.3 Å². The maximum atomic E-state index is 12.7. The van der Waals surface area contributed by atoms with E-state index in [0.717, 1.165) is 19.6 Å². The summed E-state index contributed by atoms with van der Waals surface area (Å²) in [5.41, 5.74) is 7.40. The van der Waals surface area contributed by atoms with Gasteiger partial charge in [-0.2, -0.15) is 0 Å². The van der Waals surface area contributed by atoms with Gasteiger partial charge in [-0.05, 0) is 30.0 Å². The van der Waals surface area contributed by atoms with Gasteiger partial charge in [-0.25, -0.2) is 4.39 Å². The van der Waals surface area contributed by atoms with Crippen molar-refractivity contribution in [1.82, 2.24) is 4.90 Å². The lowest BCUT2D eigenvalue weighted by molar-refractivity contribution is 0.290. The molecule has 1 heterocycles. The molecule has 1 aromatic carbocycles. The van der Waals surface area contributed by atoms with Crippen molar-refractivity contribution in [2.75, 3.05) is 13.1 Å². The molecular weight excluding hydrogens is 191 g/mol. The van der Waals surface area contributed by atoms with E-state index in [-0.39, 0.29) is 11.4 Å². The number of halogens is 1. The van der Waals surface area contributed by atoms with Gasteiger partial charge in [0.2, 0.25) is 0 Å². The minimum absolute atomic E-state index is 0.111. The monoisotopic (exact) mass is 206 g/mol. The van der Waals surface area contributed by atoms with E-state index in [4.69, 9.17) is 5.73 Å². The first kappa shape index (κ1) is 9.31. The van der Waals surface area contributed by atoms with E-state index in [1.165, 1.54) is 24.1 Å². The highest BCUT2D eigenvalue weighted by Gasteiger charge is 2.56. The van der Waals surface area contributed by atoms with Crippen molar-refractivity contribution >= 4 is 0 Å². The predicted octanol–water partition coefficient (Wildman–Crippen LogP) is 1.36. The number of fused-ring (bicyclic) bond motifs is 1. The number of piperidine rings is 1. The minimum Gasteiger partial charge on any atom is -0.324 e. The molecule has 0 radical (unpaired) electrons. The van der Waals surface area contributed by atoms with Gasteiger partial charge >= 0.3 is 0 Å². The molecule has 1 aromatic rings. The molecule has 15 heavy (non-hydrogen) atoms. The van der Waals surface area contributed by atoms with Gasteiger partial charge in [-0.3, -0.25) is 4.90 Å². The summed E-state index contributed by atoms with van der Waals surface area (Å²) in [6, 6.07) is 6.74. The van der Waals surface area contributed by atoms with Gasteiger partial charge in [0.05, 0.1) is 0 Å². The Bertz CT molecular complexity index is 376. The van der Waals surface area contributed by atoms with E-state index in [1.807, 2.05) is 12.1 Å². The molecule has 3 rings (SSSR count). The Morgan fingerprint density at radius 2 is 2.13 bits per heavy atom. The molecule has 2 nitrogen and oxygen atoms in total. The highest BCUT2D eigenvalue weighted by molar-refractivity contribution is 5.19. The van der Waals surface area contributed by atoms with Gasteiger partial charge in [0.15, 0.2) is 0 Å². The summed E-state index contributed by atoms with van der Waals surface area (Å²) in [4.78, 5) is 2.36. The highest BCUT2D eigenvalue weighted by Crippen LogP contribution is 2.47. The van der Waals surface area contributed by atoms with Crippen LogP contribution in [0.1, 0.15) is 12.0 Å². The average Bonchev–Trinajstić information content (AvgIpc) is 2.70. The third-order valence-corrected chi connectivity index (χ3v) is 3.60. The maximum Gasteiger partial charge on any atom is 0.123 e. The Labute approximate surface area is 88.9 Å². The molecule has 1 aliphatic carbocycles. The van der Waals surface area contributed by atoms with Crippen LogP contribution in [0.15, 0.2) is 24.3 Å². The van der Waals surface area contributed by atoms with E-state index in [9.17, 15) is 4.39 Å². The number of hydrogen-bond donors (Lipinski definition) is 1. The molecule has 1 saturated heterocycles. The summed E-state index contributed by atoms with van der Waals surface area (Å²) in [5, 5.41) is 0. The van der Waals surface area contributed by atoms with Gasteiger partial charge in [0.25, 0.3) is 0 Å². The van der Waals surface area contributed by atoms with E-state index in [2.05, 4.69) is 4.90 Å². The fraction of sp³-hybridized carbons (Fsp3) is 0.500. The zero-order valence-corrected chi connectivity index (χ0v) is 8.62. The molecule has 2 N–H and O–H groups in total. The largest absolute Gasteiger partial charge is 0.324 e. The van der Waals surface area contributed by atoms with Crippen LogP contribution >= 0.6 is 0 Å². The maximum absolute atomic E-state index is 12.7. The summed E-state index contributed by atoms with van der Waals surface area (Å²) in [5.74, 6) is 0.538. The predicted molar refractivity (Wildman–Crippen MR) is 56.7 cm³/mol. The second-order valence-electron chi connectivity index (χ2n) is 4.93. The quantitative estimate of drug-likeness (QED) is 0.791. The molecule has 1 saturated carbocycles. The lowest BCUT2D eigenvalue weighted by atomic mass is 10.2. The first-order chi connectivity index (χ1) is 7.16. The Balaban J connectivity index is 1.64. The fourth-order valence-corrected chi connectivity index (χ4v) is 2.60. The average molecular weight is 206 g/mol. The molecule has 2 aliphatic rings.